The van der Waals surface area contributed by atoms with Crippen LogP contribution in [0.2, 0.25) is 0 Å². The van der Waals surface area contributed by atoms with Gasteiger partial charge in [0.15, 0.2) is 11.6 Å². The number of rotatable bonds is 4. The fourth-order valence-electron chi connectivity index (χ4n) is 3.23. The number of carbonyl (C=O) groups is 1. The molecule has 1 fully saturated rings. The highest BCUT2D eigenvalue weighted by atomic mass is 16.5. The number of hydrogen-bond donors (Lipinski definition) is 0. The average molecular weight is 382 g/mol. The highest BCUT2D eigenvalue weighted by Crippen LogP contribution is 2.20. The van der Waals surface area contributed by atoms with Gasteiger partial charge in [-0.25, -0.2) is 4.68 Å². The van der Waals surface area contributed by atoms with E-state index >= 15 is 0 Å². The monoisotopic (exact) mass is 382 g/mol. The summed E-state index contributed by atoms with van der Waals surface area (Å²) < 4.78 is 8.48. The minimum atomic E-state index is -0.0694. The molecule has 0 saturated carbocycles. The molecule has 0 radical (unpaired) electrons. The highest BCUT2D eigenvalue weighted by Gasteiger charge is 2.26. The van der Waals surface area contributed by atoms with Crippen LogP contribution in [-0.4, -0.2) is 73.9 Å². The molecule has 10 heteroatoms. The first-order valence-electron chi connectivity index (χ1n) is 9.03. The summed E-state index contributed by atoms with van der Waals surface area (Å²) >= 11 is 0. The zero-order chi connectivity index (χ0) is 19.7. The first-order valence-corrected chi connectivity index (χ1v) is 9.03. The molecule has 4 rings (SSSR count). The summed E-state index contributed by atoms with van der Waals surface area (Å²) in [5, 5.41) is 17.1. The van der Waals surface area contributed by atoms with E-state index in [2.05, 4.69) is 25.3 Å². The van der Waals surface area contributed by atoms with Gasteiger partial charge in [0.1, 0.15) is 5.56 Å². The third-order valence-corrected chi connectivity index (χ3v) is 4.70. The van der Waals surface area contributed by atoms with Crippen molar-refractivity contribution >= 4 is 11.7 Å². The standard InChI is InChI=1S/C18H22N8O2/c1-13-6-7-26(21-13)16-5-4-15(19-20-16)24-8-10-25(11-9-24)18(27)14-12-23(2)22-17(14)28-3/h4-7,12H,8-11H2,1-3H3. The molecule has 0 spiro atoms. The lowest BCUT2D eigenvalue weighted by molar-refractivity contribution is 0.0743. The molecule has 3 aromatic heterocycles. The van der Waals surface area contributed by atoms with Gasteiger partial charge >= 0.3 is 0 Å². The molecule has 0 unspecified atom stereocenters. The third-order valence-electron chi connectivity index (χ3n) is 4.70. The Morgan fingerprint density at radius 3 is 2.36 bits per heavy atom. The molecule has 0 bridgehead atoms. The molecular formula is C18H22N8O2. The second kappa shape index (κ2) is 7.29. The lowest BCUT2D eigenvalue weighted by atomic mass is 10.2. The number of piperazine rings is 1. The Kier molecular flexibility index (Phi) is 4.68. The van der Waals surface area contributed by atoms with E-state index in [0.717, 1.165) is 11.5 Å². The Morgan fingerprint density at radius 2 is 1.75 bits per heavy atom. The Hall–Kier alpha value is -3.43. The van der Waals surface area contributed by atoms with Crippen LogP contribution >= 0.6 is 0 Å². The number of nitrogens with zero attached hydrogens (tertiary/aromatic N) is 8. The minimum Gasteiger partial charge on any atom is -0.479 e. The van der Waals surface area contributed by atoms with E-state index in [-0.39, 0.29) is 5.91 Å². The van der Waals surface area contributed by atoms with Gasteiger partial charge in [-0.3, -0.25) is 9.48 Å². The van der Waals surface area contributed by atoms with E-state index in [4.69, 9.17) is 4.74 Å². The maximum atomic E-state index is 12.8. The predicted molar refractivity (Wildman–Crippen MR) is 102 cm³/mol. The molecule has 28 heavy (non-hydrogen) atoms. The molecule has 1 saturated heterocycles. The topological polar surface area (TPSA) is 94.2 Å². The molecule has 0 aromatic carbocycles. The van der Waals surface area contributed by atoms with Gasteiger partial charge in [0.25, 0.3) is 5.91 Å². The van der Waals surface area contributed by atoms with E-state index in [0.29, 0.717) is 43.4 Å². The van der Waals surface area contributed by atoms with Gasteiger partial charge in [-0.1, -0.05) is 0 Å². The van der Waals surface area contributed by atoms with Crippen LogP contribution in [-0.2, 0) is 7.05 Å². The molecular weight excluding hydrogens is 360 g/mol. The number of aryl methyl sites for hydroxylation is 2. The van der Waals surface area contributed by atoms with E-state index in [9.17, 15) is 4.79 Å². The Morgan fingerprint density at radius 1 is 1.04 bits per heavy atom. The number of anilines is 1. The first kappa shape index (κ1) is 18.0. The van der Waals surface area contributed by atoms with Gasteiger partial charge in [0.05, 0.1) is 12.8 Å². The smallest absolute Gasteiger partial charge is 0.261 e. The van der Waals surface area contributed by atoms with Crippen molar-refractivity contribution in [1.29, 1.82) is 0 Å². The lowest BCUT2D eigenvalue weighted by Crippen LogP contribution is -2.49. The third kappa shape index (κ3) is 3.40. The Labute approximate surface area is 162 Å². The van der Waals surface area contributed by atoms with Crippen molar-refractivity contribution in [2.24, 2.45) is 7.05 Å². The molecule has 1 aliphatic rings. The molecule has 0 atom stereocenters. The molecule has 0 N–H and O–H groups in total. The summed E-state index contributed by atoms with van der Waals surface area (Å²) in [5.41, 5.74) is 1.41. The van der Waals surface area contributed by atoms with Crippen molar-refractivity contribution in [2.75, 3.05) is 38.2 Å². The van der Waals surface area contributed by atoms with Crippen molar-refractivity contribution < 1.29 is 9.53 Å². The van der Waals surface area contributed by atoms with Gasteiger partial charge < -0.3 is 14.5 Å². The quantitative estimate of drug-likeness (QED) is 0.655. The van der Waals surface area contributed by atoms with Crippen LogP contribution in [0.3, 0.4) is 0 Å². The zero-order valence-electron chi connectivity index (χ0n) is 16.1. The summed E-state index contributed by atoms with van der Waals surface area (Å²) in [6.07, 6.45) is 3.55. The summed E-state index contributed by atoms with van der Waals surface area (Å²) in [6, 6.07) is 5.75. The number of amides is 1. The van der Waals surface area contributed by atoms with E-state index < -0.39 is 0 Å². The van der Waals surface area contributed by atoms with Crippen LogP contribution in [0.4, 0.5) is 5.82 Å². The van der Waals surface area contributed by atoms with Gasteiger partial charge in [-0.05, 0) is 25.1 Å². The van der Waals surface area contributed by atoms with Crippen molar-refractivity contribution in [3.8, 4) is 11.7 Å². The predicted octanol–water partition coefficient (Wildman–Crippen LogP) is 0.675. The molecule has 3 aromatic rings. The molecule has 146 valence electrons. The first-order chi connectivity index (χ1) is 13.5. The number of methoxy groups -OCH3 is 1. The lowest BCUT2D eigenvalue weighted by Gasteiger charge is -2.35. The minimum absolute atomic E-state index is 0.0694. The van der Waals surface area contributed by atoms with Crippen LogP contribution in [0, 0.1) is 6.92 Å². The Bertz CT molecular complexity index is 970. The summed E-state index contributed by atoms with van der Waals surface area (Å²) in [4.78, 5) is 16.7. The molecule has 4 heterocycles. The van der Waals surface area contributed by atoms with Crippen molar-refractivity contribution in [1.82, 2.24) is 34.7 Å². The number of hydrogen-bond acceptors (Lipinski definition) is 7. The van der Waals surface area contributed by atoms with Crippen molar-refractivity contribution in [3.05, 3.63) is 41.9 Å². The molecule has 0 aliphatic carbocycles. The second-order valence-electron chi connectivity index (χ2n) is 6.66. The molecule has 1 aliphatic heterocycles. The zero-order valence-corrected chi connectivity index (χ0v) is 16.1. The van der Waals surface area contributed by atoms with Crippen molar-refractivity contribution in [3.63, 3.8) is 0 Å². The maximum absolute atomic E-state index is 12.8. The van der Waals surface area contributed by atoms with Crippen LogP contribution in [0.5, 0.6) is 5.88 Å². The van der Waals surface area contributed by atoms with Crippen LogP contribution in [0.1, 0.15) is 16.1 Å². The van der Waals surface area contributed by atoms with Crippen molar-refractivity contribution in [2.45, 2.75) is 6.92 Å². The maximum Gasteiger partial charge on any atom is 0.261 e. The fraction of sp³-hybridized carbons (Fsp3) is 0.389. The fourth-order valence-corrected chi connectivity index (χ4v) is 3.23. The summed E-state index contributed by atoms with van der Waals surface area (Å²) in [5.74, 6) is 1.75. The van der Waals surface area contributed by atoms with Crippen LogP contribution in [0.25, 0.3) is 5.82 Å². The van der Waals surface area contributed by atoms with E-state index in [1.165, 1.54) is 7.11 Å². The second-order valence-corrected chi connectivity index (χ2v) is 6.66. The number of ether oxygens (including phenoxy) is 1. The van der Waals surface area contributed by atoms with Gasteiger partial charge in [0.2, 0.25) is 5.88 Å². The van der Waals surface area contributed by atoms with Crippen LogP contribution in [0.15, 0.2) is 30.6 Å². The largest absolute Gasteiger partial charge is 0.479 e. The number of carbonyl (C=O) groups excluding carboxylic acids is 1. The molecule has 1 amide bonds. The van der Waals surface area contributed by atoms with Gasteiger partial charge in [0, 0.05) is 45.6 Å². The normalized spacial score (nSPS) is 14.4. The van der Waals surface area contributed by atoms with E-state index in [1.54, 1.807) is 22.6 Å². The SMILES string of the molecule is COc1nn(C)cc1C(=O)N1CCN(c2ccc(-n3ccc(C)n3)nn2)CC1. The Balaban J connectivity index is 1.40. The average Bonchev–Trinajstić information content (AvgIpc) is 3.33. The summed E-state index contributed by atoms with van der Waals surface area (Å²) in [7, 11) is 3.29. The highest BCUT2D eigenvalue weighted by molar-refractivity contribution is 5.96. The van der Waals surface area contributed by atoms with E-state index in [1.807, 2.05) is 36.2 Å². The van der Waals surface area contributed by atoms with Gasteiger partial charge in [-0.2, -0.15) is 5.10 Å². The van der Waals surface area contributed by atoms with Gasteiger partial charge in [-0.15, -0.1) is 15.3 Å². The number of aromatic nitrogens is 6. The van der Waals surface area contributed by atoms with Crippen LogP contribution < -0.4 is 9.64 Å². The summed E-state index contributed by atoms with van der Waals surface area (Å²) in [6.45, 7) is 4.49. The molecule has 10 nitrogen and oxygen atoms in total.